The molecule has 4 N–H and O–H groups in total. The van der Waals surface area contributed by atoms with Crippen LogP contribution in [0.4, 0.5) is 0 Å². The quantitative estimate of drug-likeness (QED) is 0.704. The van der Waals surface area contributed by atoms with E-state index in [1.807, 2.05) is 6.92 Å². The van der Waals surface area contributed by atoms with Gasteiger partial charge in [-0.2, -0.15) is 5.10 Å². The standard InChI is InChI=1S/C11H18N4O/c1-7(9-5-13-14-6-9)15-11(16)8-2-3-10(12)4-8/h5-8,10H,2-4,12H2,1H3,(H,13,14)(H,15,16). The molecule has 0 aliphatic heterocycles. The summed E-state index contributed by atoms with van der Waals surface area (Å²) in [6, 6.07) is 0.197. The van der Waals surface area contributed by atoms with E-state index in [1.54, 1.807) is 12.4 Å². The molecule has 1 aromatic rings. The van der Waals surface area contributed by atoms with E-state index in [9.17, 15) is 4.79 Å². The molecule has 0 aromatic carbocycles. The van der Waals surface area contributed by atoms with Crippen molar-refractivity contribution in [1.29, 1.82) is 0 Å². The lowest BCUT2D eigenvalue weighted by atomic mass is 10.1. The Labute approximate surface area is 94.8 Å². The van der Waals surface area contributed by atoms with Crippen LogP contribution < -0.4 is 11.1 Å². The molecule has 1 amide bonds. The summed E-state index contributed by atoms with van der Waals surface area (Å²) in [7, 11) is 0. The average molecular weight is 222 g/mol. The molecule has 1 aliphatic rings. The smallest absolute Gasteiger partial charge is 0.223 e. The third-order valence-electron chi connectivity index (χ3n) is 3.22. The molecule has 0 bridgehead atoms. The SMILES string of the molecule is CC(NC(=O)C1CCC(N)C1)c1cn[nH]c1. The topological polar surface area (TPSA) is 83.8 Å². The molecule has 5 heteroatoms. The number of carbonyl (C=O) groups excluding carboxylic acids is 1. The number of hydrogen-bond acceptors (Lipinski definition) is 3. The van der Waals surface area contributed by atoms with Crippen LogP contribution in [0.3, 0.4) is 0 Å². The second kappa shape index (κ2) is 4.65. The highest BCUT2D eigenvalue weighted by Crippen LogP contribution is 2.25. The lowest BCUT2D eigenvalue weighted by Gasteiger charge is -2.15. The maximum atomic E-state index is 11.9. The van der Waals surface area contributed by atoms with E-state index in [1.165, 1.54) is 0 Å². The number of rotatable bonds is 3. The first-order valence-corrected chi connectivity index (χ1v) is 5.71. The fraction of sp³-hybridized carbons (Fsp3) is 0.636. The monoisotopic (exact) mass is 222 g/mol. The number of hydrogen-bond donors (Lipinski definition) is 3. The second-order valence-corrected chi connectivity index (χ2v) is 4.53. The van der Waals surface area contributed by atoms with E-state index in [-0.39, 0.29) is 23.9 Å². The molecule has 0 saturated heterocycles. The van der Waals surface area contributed by atoms with E-state index in [2.05, 4.69) is 15.5 Å². The predicted molar refractivity (Wildman–Crippen MR) is 60.5 cm³/mol. The highest BCUT2D eigenvalue weighted by atomic mass is 16.1. The molecule has 0 radical (unpaired) electrons. The Morgan fingerprint density at radius 1 is 1.69 bits per heavy atom. The van der Waals surface area contributed by atoms with Crippen LogP contribution in [-0.2, 0) is 4.79 Å². The Morgan fingerprint density at radius 2 is 2.50 bits per heavy atom. The van der Waals surface area contributed by atoms with Crippen molar-refractivity contribution >= 4 is 5.91 Å². The fourth-order valence-electron chi connectivity index (χ4n) is 2.17. The number of nitrogens with one attached hydrogen (secondary N) is 2. The average Bonchev–Trinajstić information content (AvgIpc) is 2.87. The van der Waals surface area contributed by atoms with E-state index in [0.29, 0.717) is 0 Å². The Balaban J connectivity index is 1.88. The third kappa shape index (κ3) is 2.41. The van der Waals surface area contributed by atoms with Crippen molar-refractivity contribution in [2.24, 2.45) is 11.7 Å². The van der Waals surface area contributed by atoms with Crippen molar-refractivity contribution in [3.63, 3.8) is 0 Å². The lowest BCUT2D eigenvalue weighted by molar-refractivity contribution is -0.125. The van der Waals surface area contributed by atoms with Crippen LogP contribution >= 0.6 is 0 Å². The summed E-state index contributed by atoms with van der Waals surface area (Å²) in [4.78, 5) is 11.9. The number of nitrogens with two attached hydrogens (primary N) is 1. The Bertz CT molecular complexity index is 349. The number of amides is 1. The molecule has 1 aromatic heterocycles. The first-order valence-electron chi connectivity index (χ1n) is 5.71. The minimum Gasteiger partial charge on any atom is -0.349 e. The van der Waals surface area contributed by atoms with Gasteiger partial charge in [0.25, 0.3) is 0 Å². The van der Waals surface area contributed by atoms with Crippen molar-refractivity contribution in [3.8, 4) is 0 Å². The molecule has 88 valence electrons. The van der Waals surface area contributed by atoms with Gasteiger partial charge >= 0.3 is 0 Å². The lowest BCUT2D eigenvalue weighted by Crippen LogP contribution is -2.32. The number of aromatic nitrogens is 2. The van der Waals surface area contributed by atoms with Gasteiger partial charge in [-0.15, -0.1) is 0 Å². The summed E-state index contributed by atoms with van der Waals surface area (Å²) in [5, 5.41) is 9.59. The molecule has 3 atom stereocenters. The highest BCUT2D eigenvalue weighted by Gasteiger charge is 2.28. The first-order chi connectivity index (χ1) is 7.66. The molecule has 2 rings (SSSR count). The molecule has 1 aliphatic carbocycles. The maximum Gasteiger partial charge on any atom is 0.223 e. The van der Waals surface area contributed by atoms with Gasteiger partial charge in [0.05, 0.1) is 12.2 Å². The number of aromatic amines is 1. The molecule has 0 spiro atoms. The van der Waals surface area contributed by atoms with Gasteiger partial charge in [-0.1, -0.05) is 0 Å². The van der Waals surface area contributed by atoms with Crippen LogP contribution in [-0.4, -0.2) is 22.1 Å². The van der Waals surface area contributed by atoms with E-state index in [4.69, 9.17) is 5.73 Å². The minimum atomic E-state index is 0.00285. The molecular formula is C11H18N4O. The molecule has 1 heterocycles. The fourth-order valence-corrected chi connectivity index (χ4v) is 2.17. The van der Waals surface area contributed by atoms with Crippen molar-refractivity contribution < 1.29 is 4.79 Å². The second-order valence-electron chi connectivity index (χ2n) is 4.53. The molecule has 1 fully saturated rings. The van der Waals surface area contributed by atoms with Gasteiger partial charge in [-0.25, -0.2) is 0 Å². The van der Waals surface area contributed by atoms with Gasteiger partial charge in [0, 0.05) is 23.7 Å². The third-order valence-corrected chi connectivity index (χ3v) is 3.22. The van der Waals surface area contributed by atoms with Crippen LogP contribution in [0.1, 0.15) is 37.8 Å². The minimum absolute atomic E-state index is 0.00285. The van der Waals surface area contributed by atoms with Crippen LogP contribution in [0.2, 0.25) is 0 Å². The summed E-state index contributed by atoms with van der Waals surface area (Å²) in [5.41, 5.74) is 6.79. The molecule has 1 saturated carbocycles. The van der Waals surface area contributed by atoms with Crippen LogP contribution in [0.5, 0.6) is 0 Å². The van der Waals surface area contributed by atoms with Gasteiger partial charge in [0.15, 0.2) is 0 Å². The number of nitrogens with zero attached hydrogens (tertiary/aromatic N) is 1. The van der Waals surface area contributed by atoms with E-state index >= 15 is 0 Å². The summed E-state index contributed by atoms with van der Waals surface area (Å²) in [6.45, 7) is 1.96. The molecule has 5 nitrogen and oxygen atoms in total. The molecule has 16 heavy (non-hydrogen) atoms. The maximum absolute atomic E-state index is 11.9. The Morgan fingerprint density at radius 3 is 3.06 bits per heavy atom. The van der Waals surface area contributed by atoms with Gasteiger partial charge in [0.2, 0.25) is 5.91 Å². The van der Waals surface area contributed by atoms with Gasteiger partial charge in [0.1, 0.15) is 0 Å². The van der Waals surface area contributed by atoms with Crippen molar-refractivity contribution in [1.82, 2.24) is 15.5 Å². The first kappa shape index (κ1) is 11.1. The Hall–Kier alpha value is -1.36. The van der Waals surface area contributed by atoms with E-state index in [0.717, 1.165) is 24.8 Å². The summed E-state index contributed by atoms with van der Waals surface area (Å²) < 4.78 is 0. The number of H-pyrrole nitrogens is 1. The normalized spacial score (nSPS) is 26.6. The van der Waals surface area contributed by atoms with Crippen LogP contribution in [0.25, 0.3) is 0 Å². The largest absolute Gasteiger partial charge is 0.349 e. The van der Waals surface area contributed by atoms with Crippen molar-refractivity contribution in [3.05, 3.63) is 18.0 Å². The van der Waals surface area contributed by atoms with Gasteiger partial charge in [-0.3, -0.25) is 9.89 Å². The zero-order valence-electron chi connectivity index (χ0n) is 9.44. The van der Waals surface area contributed by atoms with Crippen molar-refractivity contribution in [2.75, 3.05) is 0 Å². The summed E-state index contributed by atoms with van der Waals surface area (Å²) >= 11 is 0. The summed E-state index contributed by atoms with van der Waals surface area (Å²) in [5.74, 6) is 0.200. The zero-order valence-corrected chi connectivity index (χ0v) is 9.44. The van der Waals surface area contributed by atoms with Crippen molar-refractivity contribution in [2.45, 2.75) is 38.3 Å². The zero-order chi connectivity index (χ0) is 11.5. The summed E-state index contributed by atoms with van der Waals surface area (Å²) in [6.07, 6.45) is 6.20. The van der Waals surface area contributed by atoms with Gasteiger partial charge < -0.3 is 11.1 Å². The van der Waals surface area contributed by atoms with Gasteiger partial charge in [-0.05, 0) is 26.2 Å². The van der Waals surface area contributed by atoms with E-state index < -0.39 is 0 Å². The molecule has 3 unspecified atom stereocenters. The molecular weight excluding hydrogens is 204 g/mol. The van der Waals surface area contributed by atoms with Crippen LogP contribution in [0, 0.1) is 5.92 Å². The highest BCUT2D eigenvalue weighted by molar-refractivity contribution is 5.79. The predicted octanol–water partition coefficient (Wildman–Crippen LogP) is 0.714. The van der Waals surface area contributed by atoms with Crippen LogP contribution in [0.15, 0.2) is 12.4 Å². The number of carbonyl (C=O) groups is 1. The Kier molecular flexibility index (Phi) is 3.24.